The van der Waals surface area contributed by atoms with Crippen LogP contribution < -0.4 is 10.6 Å². The Hall–Kier alpha value is -3.02. The van der Waals surface area contributed by atoms with E-state index in [1.165, 1.54) is 21.8 Å². The number of nitrogens with one attached hydrogen (secondary N) is 2. The van der Waals surface area contributed by atoms with E-state index in [0.717, 1.165) is 16.8 Å². The second kappa shape index (κ2) is 9.63. The van der Waals surface area contributed by atoms with Gasteiger partial charge in [0, 0.05) is 48.2 Å². The highest BCUT2D eigenvalue weighted by molar-refractivity contribution is 6.12. The van der Waals surface area contributed by atoms with Crippen molar-refractivity contribution >= 4 is 39.4 Å². The Kier molecular flexibility index (Phi) is 7.12. The van der Waals surface area contributed by atoms with E-state index in [9.17, 15) is 9.59 Å². The minimum absolute atomic E-state index is 0.0143. The number of aromatic nitrogens is 1. The van der Waals surface area contributed by atoms with Crippen molar-refractivity contribution < 1.29 is 9.59 Å². The number of amides is 3. The van der Waals surface area contributed by atoms with E-state index >= 15 is 0 Å². The number of para-hydroxylation sites is 1. The molecule has 1 fully saturated rings. The van der Waals surface area contributed by atoms with Crippen molar-refractivity contribution in [1.29, 1.82) is 0 Å². The van der Waals surface area contributed by atoms with E-state index in [4.69, 9.17) is 0 Å². The molecular formula is C26H36N4O2. The van der Waals surface area contributed by atoms with E-state index in [0.29, 0.717) is 25.6 Å². The Morgan fingerprint density at radius 1 is 1.09 bits per heavy atom. The zero-order valence-corrected chi connectivity index (χ0v) is 20.4. The molecule has 4 rings (SSSR count). The summed E-state index contributed by atoms with van der Waals surface area (Å²) in [5, 5.41) is 8.22. The Labute approximate surface area is 191 Å². The number of nitrogens with zero attached hydrogens (tertiary/aromatic N) is 2. The number of anilines is 1. The van der Waals surface area contributed by atoms with Crippen molar-refractivity contribution in [1.82, 2.24) is 14.8 Å². The Bertz CT molecular complexity index is 1150. The van der Waals surface area contributed by atoms with Crippen LogP contribution in [0, 0.1) is 19.8 Å². The molecule has 1 unspecified atom stereocenters. The first-order valence-corrected chi connectivity index (χ1v) is 11.6. The van der Waals surface area contributed by atoms with Gasteiger partial charge in [0.2, 0.25) is 5.91 Å². The number of carbonyl (C=O) groups is 2. The average molecular weight is 437 g/mol. The van der Waals surface area contributed by atoms with E-state index < -0.39 is 0 Å². The standard InChI is InChI=1S/C24H30N4O2.C2H6/c1-14(2)28-19-9-7-6-8-18(19)21-16(4)22(15(3)12-20(21)28)26-23(29)17-10-11-27(13-17)24(30)25-5;1-2/h6-9,12,14,17H,10-11,13H2,1-5H3,(H,25,30)(H,26,29);1-2H3. The third kappa shape index (κ3) is 4.06. The van der Waals surface area contributed by atoms with Gasteiger partial charge in [-0.1, -0.05) is 32.0 Å². The first kappa shape index (κ1) is 23.6. The molecule has 6 heteroatoms. The number of hydrogen-bond donors (Lipinski definition) is 2. The maximum Gasteiger partial charge on any atom is 0.317 e. The molecular weight excluding hydrogens is 400 g/mol. The van der Waals surface area contributed by atoms with Gasteiger partial charge in [-0.2, -0.15) is 0 Å². The van der Waals surface area contributed by atoms with Crippen LogP contribution in [0.25, 0.3) is 21.8 Å². The number of carbonyl (C=O) groups excluding carboxylic acids is 2. The Morgan fingerprint density at radius 3 is 2.44 bits per heavy atom. The third-order valence-corrected chi connectivity index (χ3v) is 6.27. The highest BCUT2D eigenvalue weighted by Gasteiger charge is 2.31. The SMILES string of the molecule is CC.CNC(=O)N1CCC(C(=O)Nc2c(C)cc3c(c2C)c2ccccc2n3C(C)C)C1. The average Bonchev–Trinajstić information content (AvgIpc) is 3.40. The van der Waals surface area contributed by atoms with E-state index in [1.54, 1.807) is 11.9 Å². The third-order valence-electron chi connectivity index (χ3n) is 6.27. The van der Waals surface area contributed by atoms with Crippen molar-refractivity contribution in [2.75, 3.05) is 25.5 Å². The lowest BCUT2D eigenvalue weighted by Gasteiger charge is -2.18. The van der Waals surface area contributed by atoms with Crippen molar-refractivity contribution in [2.24, 2.45) is 5.92 Å². The summed E-state index contributed by atoms with van der Waals surface area (Å²) < 4.78 is 2.37. The fourth-order valence-corrected chi connectivity index (χ4v) is 4.81. The van der Waals surface area contributed by atoms with E-state index in [2.05, 4.69) is 73.2 Å². The topological polar surface area (TPSA) is 66.4 Å². The van der Waals surface area contributed by atoms with Crippen molar-refractivity contribution in [3.8, 4) is 0 Å². The lowest BCUT2D eigenvalue weighted by atomic mass is 10.0. The van der Waals surface area contributed by atoms with Gasteiger partial charge in [0.05, 0.1) is 11.4 Å². The predicted molar refractivity (Wildman–Crippen MR) is 133 cm³/mol. The van der Waals surface area contributed by atoms with Gasteiger partial charge in [-0.15, -0.1) is 0 Å². The maximum atomic E-state index is 13.0. The van der Waals surface area contributed by atoms with E-state index in [-0.39, 0.29) is 17.9 Å². The molecule has 172 valence electrons. The second-order valence-electron chi connectivity index (χ2n) is 8.54. The lowest BCUT2D eigenvalue weighted by molar-refractivity contribution is -0.119. The van der Waals surface area contributed by atoms with Gasteiger partial charge in [-0.25, -0.2) is 4.79 Å². The smallest absolute Gasteiger partial charge is 0.317 e. The fraction of sp³-hybridized carbons (Fsp3) is 0.462. The van der Waals surface area contributed by atoms with Gasteiger partial charge in [-0.3, -0.25) is 4.79 Å². The molecule has 0 radical (unpaired) electrons. The molecule has 0 saturated carbocycles. The van der Waals surface area contributed by atoms with Crippen LogP contribution in [0.4, 0.5) is 10.5 Å². The van der Waals surface area contributed by atoms with Crippen molar-refractivity contribution in [2.45, 2.75) is 54.0 Å². The Balaban J connectivity index is 0.00000141. The second-order valence-corrected chi connectivity index (χ2v) is 8.54. The molecule has 1 aliphatic heterocycles. The van der Waals surface area contributed by atoms with Crippen molar-refractivity contribution in [3.63, 3.8) is 0 Å². The molecule has 6 nitrogen and oxygen atoms in total. The van der Waals surface area contributed by atoms with Crippen LogP contribution in [0.3, 0.4) is 0 Å². The van der Waals surface area contributed by atoms with Gasteiger partial charge in [-0.05, 0) is 57.4 Å². The van der Waals surface area contributed by atoms with Crippen LogP contribution in [0.1, 0.15) is 51.3 Å². The molecule has 1 aliphatic rings. The summed E-state index contributed by atoms with van der Waals surface area (Å²) in [4.78, 5) is 26.6. The summed E-state index contributed by atoms with van der Waals surface area (Å²) in [6.07, 6.45) is 0.687. The normalized spacial score (nSPS) is 15.8. The van der Waals surface area contributed by atoms with Crippen LogP contribution in [0.15, 0.2) is 30.3 Å². The summed E-state index contributed by atoms with van der Waals surface area (Å²) in [6.45, 7) is 13.6. The van der Waals surface area contributed by atoms with Gasteiger partial charge in [0.1, 0.15) is 0 Å². The highest BCUT2D eigenvalue weighted by atomic mass is 16.2. The first-order valence-electron chi connectivity index (χ1n) is 11.6. The minimum Gasteiger partial charge on any atom is -0.341 e. The van der Waals surface area contributed by atoms with Crippen LogP contribution in [0.5, 0.6) is 0 Å². The van der Waals surface area contributed by atoms with Gasteiger partial charge in [0.15, 0.2) is 0 Å². The van der Waals surface area contributed by atoms with Crippen LogP contribution in [-0.2, 0) is 4.79 Å². The summed E-state index contributed by atoms with van der Waals surface area (Å²) >= 11 is 0. The zero-order chi connectivity index (χ0) is 23.6. The molecule has 0 spiro atoms. The molecule has 3 aromatic rings. The number of fused-ring (bicyclic) bond motifs is 3. The zero-order valence-electron chi connectivity index (χ0n) is 20.4. The summed E-state index contributed by atoms with van der Waals surface area (Å²) in [6, 6.07) is 10.8. The molecule has 1 atom stereocenters. The molecule has 2 aromatic carbocycles. The summed E-state index contributed by atoms with van der Waals surface area (Å²) in [5.74, 6) is -0.201. The van der Waals surface area contributed by atoms with Crippen LogP contribution in [0.2, 0.25) is 0 Å². The molecule has 0 bridgehead atoms. The van der Waals surface area contributed by atoms with Crippen molar-refractivity contribution in [3.05, 3.63) is 41.5 Å². The molecule has 2 N–H and O–H groups in total. The number of urea groups is 1. The quantitative estimate of drug-likeness (QED) is 0.560. The van der Waals surface area contributed by atoms with Gasteiger partial charge in [0.25, 0.3) is 0 Å². The largest absolute Gasteiger partial charge is 0.341 e. The van der Waals surface area contributed by atoms with E-state index in [1.807, 2.05) is 13.8 Å². The van der Waals surface area contributed by atoms with Gasteiger partial charge < -0.3 is 20.1 Å². The predicted octanol–water partition coefficient (Wildman–Crippen LogP) is 5.62. The van der Waals surface area contributed by atoms with Crippen LogP contribution in [-0.4, -0.2) is 41.5 Å². The molecule has 0 aliphatic carbocycles. The number of likely N-dealkylation sites (tertiary alicyclic amines) is 1. The molecule has 2 heterocycles. The highest BCUT2D eigenvalue weighted by Crippen LogP contribution is 2.38. The number of rotatable bonds is 3. The number of benzene rings is 2. The van der Waals surface area contributed by atoms with Gasteiger partial charge >= 0.3 is 6.03 Å². The lowest BCUT2D eigenvalue weighted by Crippen LogP contribution is -2.37. The maximum absolute atomic E-state index is 13.0. The molecule has 3 amide bonds. The Morgan fingerprint density at radius 2 is 1.78 bits per heavy atom. The number of hydrogen-bond acceptors (Lipinski definition) is 2. The molecule has 32 heavy (non-hydrogen) atoms. The minimum atomic E-state index is -0.186. The van der Waals surface area contributed by atoms with Crippen LogP contribution >= 0.6 is 0 Å². The molecule has 1 aromatic heterocycles. The molecule has 1 saturated heterocycles. The first-order chi connectivity index (χ1) is 15.3. The fourth-order valence-electron chi connectivity index (χ4n) is 4.81. The summed E-state index contributed by atoms with van der Waals surface area (Å²) in [7, 11) is 1.62. The monoisotopic (exact) mass is 436 g/mol. The summed E-state index contributed by atoms with van der Waals surface area (Å²) in [5.41, 5.74) is 5.45. The number of aryl methyl sites for hydroxylation is 2.